The second kappa shape index (κ2) is 8.02. The summed E-state index contributed by atoms with van der Waals surface area (Å²) in [6, 6.07) is 0. The molecule has 18 heavy (non-hydrogen) atoms. The monoisotopic (exact) mass is 273 g/mol. The number of nitrogens with zero attached hydrogens (tertiary/aromatic N) is 2. The Balaban J connectivity index is 2.12. The molecule has 0 aromatic carbocycles. The number of rotatable bonds is 9. The van der Waals surface area contributed by atoms with Crippen molar-refractivity contribution in [2.45, 2.75) is 6.42 Å². The first-order valence-electron chi connectivity index (χ1n) is 5.70. The molecule has 0 aliphatic rings. The molecular formula is C11H19N3O3S. The van der Waals surface area contributed by atoms with E-state index in [4.69, 9.17) is 9.84 Å². The van der Waals surface area contributed by atoms with Crippen molar-refractivity contribution in [1.29, 1.82) is 0 Å². The molecule has 0 aliphatic heterocycles. The molecule has 0 radical (unpaired) electrons. The number of hydrogen-bond donors (Lipinski definition) is 2. The lowest BCUT2D eigenvalue weighted by molar-refractivity contribution is -0.136. The molecule has 1 heterocycles. The molecule has 0 spiro atoms. The summed E-state index contributed by atoms with van der Waals surface area (Å²) in [5, 5.41) is 14.2. The number of aliphatic carboxylic acids is 1. The van der Waals surface area contributed by atoms with E-state index >= 15 is 0 Å². The van der Waals surface area contributed by atoms with Crippen LogP contribution in [0.15, 0.2) is 5.38 Å². The summed E-state index contributed by atoms with van der Waals surface area (Å²) in [5.74, 6) is -0.862. The predicted octanol–water partition coefficient (Wildman–Crippen LogP) is 0.760. The topological polar surface area (TPSA) is 74.7 Å². The molecule has 1 aromatic rings. The van der Waals surface area contributed by atoms with Crippen molar-refractivity contribution in [2.75, 3.05) is 45.7 Å². The van der Waals surface area contributed by atoms with E-state index in [0.29, 0.717) is 25.5 Å². The molecule has 1 rings (SSSR count). The third kappa shape index (κ3) is 6.53. The van der Waals surface area contributed by atoms with Gasteiger partial charge in [0.25, 0.3) is 0 Å². The summed E-state index contributed by atoms with van der Waals surface area (Å²) in [7, 11) is 4.00. The summed E-state index contributed by atoms with van der Waals surface area (Å²) < 4.78 is 5.42. The maximum Gasteiger partial charge on any atom is 0.309 e. The third-order valence-electron chi connectivity index (χ3n) is 2.09. The first-order chi connectivity index (χ1) is 8.58. The van der Waals surface area contributed by atoms with Crippen LogP contribution in [-0.4, -0.2) is 61.4 Å². The van der Waals surface area contributed by atoms with Gasteiger partial charge in [-0.2, -0.15) is 0 Å². The van der Waals surface area contributed by atoms with Crippen LogP contribution in [0.5, 0.6) is 0 Å². The number of ether oxygens (including phenoxy) is 1. The van der Waals surface area contributed by atoms with Gasteiger partial charge in [0.1, 0.15) is 0 Å². The molecule has 0 saturated carbocycles. The highest BCUT2D eigenvalue weighted by Crippen LogP contribution is 2.15. The van der Waals surface area contributed by atoms with Crippen LogP contribution in [0.25, 0.3) is 0 Å². The van der Waals surface area contributed by atoms with E-state index < -0.39 is 5.97 Å². The lowest BCUT2D eigenvalue weighted by Crippen LogP contribution is -2.20. The fourth-order valence-electron chi connectivity index (χ4n) is 1.20. The van der Waals surface area contributed by atoms with Crippen LogP contribution in [0.3, 0.4) is 0 Å². The molecule has 0 saturated heterocycles. The molecule has 0 fully saturated rings. The van der Waals surface area contributed by atoms with E-state index in [-0.39, 0.29) is 6.42 Å². The number of thiazole rings is 1. The van der Waals surface area contributed by atoms with E-state index in [1.54, 1.807) is 5.38 Å². The smallest absolute Gasteiger partial charge is 0.309 e. The van der Waals surface area contributed by atoms with Crippen molar-refractivity contribution in [3.05, 3.63) is 11.1 Å². The number of carbonyl (C=O) groups is 1. The molecule has 7 heteroatoms. The quantitative estimate of drug-likeness (QED) is 0.647. The Labute approximate surface area is 111 Å². The molecule has 0 amide bonds. The molecule has 102 valence electrons. The number of aromatic nitrogens is 1. The SMILES string of the molecule is CN(C)CCOCCNc1nc(CC(=O)O)cs1. The first-order valence-corrected chi connectivity index (χ1v) is 6.58. The minimum Gasteiger partial charge on any atom is -0.481 e. The number of likely N-dealkylation sites (N-methyl/N-ethyl adjacent to an activating group) is 1. The van der Waals surface area contributed by atoms with Crippen molar-refractivity contribution in [3.63, 3.8) is 0 Å². The Bertz CT molecular complexity index is 368. The van der Waals surface area contributed by atoms with Crippen molar-refractivity contribution in [2.24, 2.45) is 0 Å². The Hall–Kier alpha value is -1.18. The number of anilines is 1. The molecule has 0 unspecified atom stereocenters. The number of nitrogens with one attached hydrogen (secondary N) is 1. The largest absolute Gasteiger partial charge is 0.481 e. The van der Waals surface area contributed by atoms with Crippen LogP contribution in [0.1, 0.15) is 5.69 Å². The fourth-order valence-corrected chi connectivity index (χ4v) is 1.94. The maximum absolute atomic E-state index is 10.5. The Morgan fingerprint density at radius 1 is 1.56 bits per heavy atom. The van der Waals surface area contributed by atoms with Crippen LogP contribution in [-0.2, 0) is 16.0 Å². The maximum atomic E-state index is 10.5. The second-order valence-corrected chi connectivity index (χ2v) is 4.92. The minimum absolute atomic E-state index is 0.0302. The molecule has 0 bridgehead atoms. The lowest BCUT2D eigenvalue weighted by Gasteiger charge is -2.09. The Morgan fingerprint density at radius 2 is 2.33 bits per heavy atom. The zero-order chi connectivity index (χ0) is 13.4. The summed E-state index contributed by atoms with van der Waals surface area (Å²) in [5.41, 5.74) is 0.587. The van der Waals surface area contributed by atoms with Gasteiger partial charge in [0, 0.05) is 18.5 Å². The average molecular weight is 273 g/mol. The van der Waals surface area contributed by atoms with Gasteiger partial charge < -0.3 is 20.1 Å². The predicted molar refractivity (Wildman–Crippen MR) is 71.3 cm³/mol. The number of carboxylic acids is 1. The normalized spacial score (nSPS) is 10.8. The zero-order valence-corrected chi connectivity index (χ0v) is 11.5. The van der Waals surface area contributed by atoms with Gasteiger partial charge in [-0.1, -0.05) is 0 Å². The molecule has 6 nitrogen and oxygen atoms in total. The van der Waals surface area contributed by atoms with Crippen LogP contribution >= 0.6 is 11.3 Å². The van der Waals surface area contributed by atoms with Crippen molar-refractivity contribution < 1.29 is 14.6 Å². The lowest BCUT2D eigenvalue weighted by atomic mass is 10.3. The van der Waals surface area contributed by atoms with E-state index in [2.05, 4.69) is 15.2 Å². The average Bonchev–Trinajstić information content (AvgIpc) is 2.69. The summed E-state index contributed by atoms with van der Waals surface area (Å²) >= 11 is 1.41. The minimum atomic E-state index is -0.862. The molecular weight excluding hydrogens is 254 g/mol. The van der Waals surface area contributed by atoms with Gasteiger partial charge in [-0.05, 0) is 14.1 Å². The fraction of sp³-hybridized carbons (Fsp3) is 0.636. The van der Waals surface area contributed by atoms with Crippen molar-refractivity contribution in [1.82, 2.24) is 9.88 Å². The highest BCUT2D eigenvalue weighted by molar-refractivity contribution is 7.13. The number of carboxylic acid groups (broad SMARTS) is 1. The summed E-state index contributed by atoms with van der Waals surface area (Å²) in [6.07, 6.45) is -0.0302. The molecule has 2 N–H and O–H groups in total. The standard InChI is InChI=1S/C11H19N3O3S/c1-14(2)4-6-17-5-3-12-11-13-9(8-18-11)7-10(15)16/h8H,3-7H2,1-2H3,(H,12,13)(H,15,16). The van der Waals surface area contributed by atoms with Crippen LogP contribution < -0.4 is 5.32 Å². The van der Waals surface area contributed by atoms with Crippen molar-refractivity contribution >= 4 is 22.4 Å². The first kappa shape index (κ1) is 14.9. The van der Waals surface area contributed by atoms with E-state index in [1.807, 2.05) is 14.1 Å². The van der Waals surface area contributed by atoms with Gasteiger partial charge in [-0.25, -0.2) is 4.98 Å². The molecule has 0 aliphatic carbocycles. The van der Waals surface area contributed by atoms with Gasteiger partial charge in [-0.3, -0.25) is 4.79 Å². The third-order valence-corrected chi connectivity index (χ3v) is 2.94. The van der Waals surface area contributed by atoms with Crippen LogP contribution in [0, 0.1) is 0 Å². The zero-order valence-electron chi connectivity index (χ0n) is 10.7. The summed E-state index contributed by atoms with van der Waals surface area (Å²) in [4.78, 5) is 16.7. The Morgan fingerprint density at radius 3 is 3.00 bits per heavy atom. The van der Waals surface area contributed by atoms with Gasteiger partial charge in [0.2, 0.25) is 0 Å². The van der Waals surface area contributed by atoms with Gasteiger partial charge in [0.05, 0.1) is 25.3 Å². The van der Waals surface area contributed by atoms with Gasteiger partial charge >= 0.3 is 5.97 Å². The number of hydrogen-bond acceptors (Lipinski definition) is 6. The van der Waals surface area contributed by atoms with E-state index in [1.165, 1.54) is 11.3 Å². The second-order valence-electron chi connectivity index (χ2n) is 4.06. The highest BCUT2D eigenvalue weighted by Gasteiger charge is 2.05. The van der Waals surface area contributed by atoms with E-state index in [9.17, 15) is 4.79 Å². The van der Waals surface area contributed by atoms with Crippen LogP contribution in [0.2, 0.25) is 0 Å². The Kier molecular flexibility index (Phi) is 6.63. The highest BCUT2D eigenvalue weighted by atomic mass is 32.1. The van der Waals surface area contributed by atoms with Gasteiger partial charge in [0.15, 0.2) is 5.13 Å². The molecule has 1 aromatic heterocycles. The van der Waals surface area contributed by atoms with Crippen LogP contribution in [0.4, 0.5) is 5.13 Å². The van der Waals surface area contributed by atoms with Crippen molar-refractivity contribution in [3.8, 4) is 0 Å². The van der Waals surface area contributed by atoms with Gasteiger partial charge in [-0.15, -0.1) is 11.3 Å². The molecule has 0 atom stereocenters. The van der Waals surface area contributed by atoms with E-state index in [0.717, 1.165) is 11.7 Å². The summed E-state index contributed by atoms with van der Waals surface area (Å²) in [6.45, 7) is 2.89.